The lowest BCUT2D eigenvalue weighted by molar-refractivity contribution is 0.0948. The Kier molecular flexibility index (Phi) is 3.08. The quantitative estimate of drug-likeness (QED) is 0.804. The Morgan fingerprint density at radius 2 is 2.54 bits per heavy atom. The Bertz CT molecular complexity index is 333. The van der Waals surface area contributed by atoms with E-state index < -0.39 is 0 Å². The first-order chi connectivity index (χ1) is 6.09. The first kappa shape index (κ1) is 9.80. The molecule has 1 heterocycles. The minimum Gasteiger partial charge on any atom is -0.361 e. The van der Waals surface area contributed by atoms with Crippen molar-refractivity contribution in [2.24, 2.45) is 0 Å². The number of hydrogen-bond acceptors (Lipinski definition) is 3. The highest BCUT2D eigenvalue weighted by Crippen LogP contribution is 2.01. The smallest absolute Gasteiger partial charge is 0.273 e. The van der Waals surface area contributed by atoms with Gasteiger partial charge in [0.05, 0.1) is 6.54 Å². The van der Waals surface area contributed by atoms with Crippen LogP contribution in [-0.4, -0.2) is 17.6 Å². The Morgan fingerprint density at radius 1 is 1.85 bits per heavy atom. The van der Waals surface area contributed by atoms with Crippen LogP contribution in [0.3, 0.4) is 0 Å². The van der Waals surface area contributed by atoms with Crippen LogP contribution < -0.4 is 5.32 Å². The number of aryl methyl sites for hydroxylation is 1. The van der Waals surface area contributed by atoms with Crippen molar-refractivity contribution >= 4 is 17.5 Å². The molecule has 1 aromatic rings. The van der Waals surface area contributed by atoms with Gasteiger partial charge in [0.25, 0.3) is 5.91 Å². The van der Waals surface area contributed by atoms with E-state index >= 15 is 0 Å². The van der Waals surface area contributed by atoms with Gasteiger partial charge in [0.2, 0.25) is 0 Å². The molecule has 13 heavy (non-hydrogen) atoms. The van der Waals surface area contributed by atoms with Gasteiger partial charge in [-0.25, -0.2) is 0 Å². The summed E-state index contributed by atoms with van der Waals surface area (Å²) in [4.78, 5) is 11.2. The molecular weight excluding hydrogens is 192 g/mol. The highest BCUT2D eigenvalue weighted by molar-refractivity contribution is 6.29. The average Bonchev–Trinajstić information content (AvgIpc) is 2.47. The zero-order valence-electron chi connectivity index (χ0n) is 7.13. The molecule has 0 aliphatic rings. The maximum atomic E-state index is 11.2. The molecular formula is C8H9ClN2O2. The van der Waals surface area contributed by atoms with Crippen molar-refractivity contribution in [1.82, 2.24) is 10.5 Å². The number of hydrogen-bond donors (Lipinski definition) is 1. The molecule has 1 aromatic heterocycles. The van der Waals surface area contributed by atoms with E-state index in [1.54, 1.807) is 13.0 Å². The van der Waals surface area contributed by atoms with E-state index in [1.165, 1.54) is 0 Å². The largest absolute Gasteiger partial charge is 0.361 e. The van der Waals surface area contributed by atoms with Crippen LogP contribution in [0.15, 0.2) is 22.2 Å². The van der Waals surface area contributed by atoms with E-state index in [1.807, 2.05) is 0 Å². The summed E-state index contributed by atoms with van der Waals surface area (Å²) >= 11 is 5.46. The van der Waals surface area contributed by atoms with Crippen molar-refractivity contribution in [3.05, 3.63) is 29.1 Å². The number of aromatic nitrogens is 1. The summed E-state index contributed by atoms with van der Waals surface area (Å²) in [6.07, 6.45) is 0. The number of nitrogens with zero attached hydrogens (tertiary/aromatic N) is 1. The highest BCUT2D eigenvalue weighted by atomic mass is 35.5. The van der Waals surface area contributed by atoms with Crippen LogP contribution in [0.25, 0.3) is 0 Å². The van der Waals surface area contributed by atoms with Gasteiger partial charge in [-0.05, 0) is 6.92 Å². The second kappa shape index (κ2) is 4.09. The molecule has 4 nitrogen and oxygen atoms in total. The van der Waals surface area contributed by atoms with Gasteiger partial charge in [-0.2, -0.15) is 0 Å². The molecule has 0 unspecified atom stereocenters. The molecule has 0 fully saturated rings. The highest BCUT2D eigenvalue weighted by Gasteiger charge is 2.09. The summed E-state index contributed by atoms with van der Waals surface area (Å²) < 4.78 is 4.73. The summed E-state index contributed by atoms with van der Waals surface area (Å²) in [5.74, 6) is 0.272. The van der Waals surface area contributed by atoms with E-state index in [9.17, 15) is 4.79 Å². The van der Waals surface area contributed by atoms with Gasteiger partial charge in [0.1, 0.15) is 5.76 Å². The number of nitrogens with one attached hydrogen (secondary N) is 1. The summed E-state index contributed by atoms with van der Waals surface area (Å²) in [6.45, 7) is 5.37. The third-order valence-electron chi connectivity index (χ3n) is 1.30. The third kappa shape index (κ3) is 2.91. The number of rotatable bonds is 3. The maximum Gasteiger partial charge on any atom is 0.273 e. The number of carbonyl (C=O) groups is 1. The van der Waals surface area contributed by atoms with Gasteiger partial charge in [-0.3, -0.25) is 4.79 Å². The van der Waals surface area contributed by atoms with Crippen LogP contribution >= 0.6 is 11.6 Å². The SMILES string of the molecule is C=C(Cl)CNC(=O)c1cc(C)on1. The van der Waals surface area contributed by atoms with Gasteiger partial charge in [-0.15, -0.1) is 0 Å². The van der Waals surface area contributed by atoms with Gasteiger partial charge < -0.3 is 9.84 Å². The van der Waals surface area contributed by atoms with Crippen molar-refractivity contribution in [2.75, 3.05) is 6.54 Å². The zero-order valence-corrected chi connectivity index (χ0v) is 7.89. The molecule has 1 rings (SSSR count). The molecule has 70 valence electrons. The molecule has 0 saturated carbocycles. The van der Waals surface area contributed by atoms with Gasteiger partial charge in [0.15, 0.2) is 5.69 Å². The number of amides is 1. The van der Waals surface area contributed by atoms with Crippen LogP contribution in [0.2, 0.25) is 0 Å². The molecule has 0 radical (unpaired) electrons. The van der Waals surface area contributed by atoms with Crippen LogP contribution in [0, 0.1) is 6.92 Å². The zero-order chi connectivity index (χ0) is 9.84. The van der Waals surface area contributed by atoms with E-state index in [2.05, 4.69) is 17.1 Å². The second-order valence-electron chi connectivity index (χ2n) is 2.52. The van der Waals surface area contributed by atoms with E-state index in [0.717, 1.165) is 0 Å². The first-order valence-corrected chi connectivity index (χ1v) is 4.02. The standard InChI is InChI=1S/C8H9ClN2O2/c1-5(9)4-10-8(12)7-3-6(2)13-11-7/h3H,1,4H2,2H3,(H,10,12). The number of carbonyl (C=O) groups excluding carboxylic acids is 1. The van der Waals surface area contributed by atoms with Crippen molar-refractivity contribution in [2.45, 2.75) is 6.92 Å². The summed E-state index contributed by atoms with van der Waals surface area (Å²) in [6, 6.07) is 1.55. The van der Waals surface area contributed by atoms with Crippen molar-refractivity contribution < 1.29 is 9.32 Å². The normalized spacial score (nSPS) is 9.69. The molecule has 0 aromatic carbocycles. The Labute approximate surface area is 80.5 Å². The maximum absolute atomic E-state index is 11.2. The summed E-state index contributed by atoms with van der Waals surface area (Å²) in [5, 5.41) is 6.42. The average molecular weight is 201 g/mol. The predicted octanol–water partition coefficient (Wildman–Crippen LogP) is 1.47. The van der Waals surface area contributed by atoms with E-state index in [-0.39, 0.29) is 18.1 Å². The van der Waals surface area contributed by atoms with Gasteiger partial charge in [-0.1, -0.05) is 23.3 Å². The molecule has 0 aliphatic carbocycles. The van der Waals surface area contributed by atoms with E-state index in [0.29, 0.717) is 10.8 Å². The lowest BCUT2D eigenvalue weighted by atomic mass is 10.3. The fourth-order valence-corrected chi connectivity index (χ4v) is 0.807. The Morgan fingerprint density at radius 3 is 3.00 bits per heavy atom. The monoisotopic (exact) mass is 200 g/mol. The summed E-state index contributed by atoms with van der Waals surface area (Å²) in [5.41, 5.74) is 0.246. The van der Waals surface area contributed by atoms with Crippen LogP contribution in [0.4, 0.5) is 0 Å². The van der Waals surface area contributed by atoms with Crippen LogP contribution in [0.1, 0.15) is 16.2 Å². The van der Waals surface area contributed by atoms with Crippen molar-refractivity contribution in [3.8, 4) is 0 Å². The fourth-order valence-electron chi connectivity index (χ4n) is 0.740. The predicted molar refractivity (Wildman–Crippen MR) is 48.6 cm³/mol. The first-order valence-electron chi connectivity index (χ1n) is 3.64. The van der Waals surface area contributed by atoms with Gasteiger partial charge in [0, 0.05) is 11.1 Å². The van der Waals surface area contributed by atoms with E-state index in [4.69, 9.17) is 16.1 Å². The van der Waals surface area contributed by atoms with Crippen LogP contribution in [0.5, 0.6) is 0 Å². The lowest BCUT2D eigenvalue weighted by Gasteiger charge is -1.98. The van der Waals surface area contributed by atoms with Crippen molar-refractivity contribution in [3.63, 3.8) is 0 Å². The van der Waals surface area contributed by atoms with Gasteiger partial charge >= 0.3 is 0 Å². The minimum absolute atomic E-state index is 0.228. The minimum atomic E-state index is -0.321. The van der Waals surface area contributed by atoms with Crippen LogP contribution in [-0.2, 0) is 0 Å². The number of halogens is 1. The molecule has 0 spiro atoms. The molecule has 1 amide bonds. The molecule has 0 aliphatic heterocycles. The summed E-state index contributed by atoms with van der Waals surface area (Å²) in [7, 11) is 0. The second-order valence-corrected chi connectivity index (χ2v) is 3.06. The molecule has 1 N–H and O–H groups in total. The molecule has 0 atom stereocenters. The topological polar surface area (TPSA) is 55.1 Å². The Hall–Kier alpha value is -1.29. The fraction of sp³-hybridized carbons (Fsp3) is 0.250. The molecule has 0 bridgehead atoms. The Balaban J connectivity index is 2.54. The molecule has 5 heteroatoms. The van der Waals surface area contributed by atoms with Crippen molar-refractivity contribution in [1.29, 1.82) is 0 Å². The molecule has 0 saturated heterocycles. The third-order valence-corrected chi connectivity index (χ3v) is 1.43. The lowest BCUT2D eigenvalue weighted by Crippen LogP contribution is -2.24.